The largest absolute Gasteiger partial charge is 0.354 e. The van der Waals surface area contributed by atoms with Gasteiger partial charge >= 0.3 is 0 Å². The first-order valence-electron chi connectivity index (χ1n) is 5.92. The number of rotatable bonds is 0. The van der Waals surface area contributed by atoms with Gasteiger partial charge in [-0.05, 0) is 17.5 Å². The molecule has 0 atom stereocenters. The fraction of sp³-hybridized carbons (Fsp3) is 0. The number of benzene rings is 3. The summed E-state index contributed by atoms with van der Waals surface area (Å²) in [6.45, 7) is 0. The van der Waals surface area contributed by atoms with Crippen molar-refractivity contribution in [3.8, 4) is 0 Å². The Morgan fingerprint density at radius 2 is 1.67 bits per heavy atom. The van der Waals surface area contributed by atoms with Crippen molar-refractivity contribution in [2.45, 2.75) is 0 Å². The number of hydrogen-bond acceptors (Lipinski definition) is 0. The summed E-state index contributed by atoms with van der Waals surface area (Å²) in [6.07, 6.45) is 0. The molecule has 0 saturated heterocycles. The van der Waals surface area contributed by atoms with Crippen LogP contribution < -0.4 is 0 Å². The van der Waals surface area contributed by atoms with Crippen molar-refractivity contribution in [2.75, 3.05) is 0 Å². The molecule has 4 aromatic rings. The Bertz CT molecular complexity index is 889. The average molecular weight is 296 g/mol. The number of aromatic amines is 1. The van der Waals surface area contributed by atoms with Crippen LogP contribution in [0.5, 0.6) is 0 Å². The molecule has 1 aromatic heterocycles. The van der Waals surface area contributed by atoms with E-state index in [1.807, 2.05) is 0 Å². The Morgan fingerprint density at radius 1 is 0.778 bits per heavy atom. The van der Waals surface area contributed by atoms with Gasteiger partial charge in [-0.1, -0.05) is 58.4 Å². The van der Waals surface area contributed by atoms with Crippen LogP contribution in [-0.2, 0) is 0 Å². The molecule has 0 amide bonds. The highest BCUT2D eigenvalue weighted by Gasteiger charge is 2.09. The quantitative estimate of drug-likeness (QED) is 0.457. The number of hydrogen-bond donors (Lipinski definition) is 1. The molecule has 2 heteroatoms. The molecule has 0 saturated carbocycles. The molecule has 0 fully saturated rings. The first kappa shape index (κ1) is 10.2. The van der Waals surface area contributed by atoms with Crippen molar-refractivity contribution >= 4 is 48.5 Å². The van der Waals surface area contributed by atoms with Gasteiger partial charge in [-0.25, -0.2) is 0 Å². The molecule has 0 aliphatic rings. The van der Waals surface area contributed by atoms with Crippen molar-refractivity contribution in [3.05, 3.63) is 59.1 Å². The van der Waals surface area contributed by atoms with E-state index >= 15 is 0 Å². The van der Waals surface area contributed by atoms with E-state index in [1.54, 1.807) is 0 Å². The predicted molar refractivity (Wildman–Crippen MR) is 81.0 cm³/mol. The van der Waals surface area contributed by atoms with Crippen LogP contribution in [0.4, 0.5) is 0 Å². The van der Waals surface area contributed by atoms with E-state index in [9.17, 15) is 0 Å². The molecule has 0 spiro atoms. The standard InChI is InChI=1S/C16H10BrN/c17-13-6-3-7-14-15(13)12-9-8-10-4-1-2-5-11(10)16(12)18-14/h1-9,18H. The third-order valence-corrected chi connectivity index (χ3v) is 4.13. The van der Waals surface area contributed by atoms with Gasteiger partial charge in [-0.3, -0.25) is 0 Å². The van der Waals surface area contributed by atoms with Gasteiger partial charge in [0.1, 0.15) is 0 Å². The second kappa shape index (κ2) is 3.59. The van der Waals surface area contributed by atoms with Gasteiger partial charge in [0.05, 0.1) is 5.52 Å². The first-order valence-corrected chi connectivity index (χ1v) is 6.71. The van der Waals surface area contributed by atoms with Gasteiger partial charge in [0.2, 0.25) is 0 Å². The Labute approximate surface area is 113 Å². The molecule has 0 radical (unpaired) electrons. The fourth-order valence-electron chi connectivity index (χ4n) is 2.65. The van der Waals surface area contributed by atoms with E-state index in [1.165, 1.54) is 32.6 Å². The number of nitrogens with one attached hydrogen (secondary N) is 1. The normalized spacial score (nSPS) is 11.6. The molecular weight excluding hydrogens is 286 g/mol. The monoisotopic (exact) mass is 295 g/mol. The maximum atomic E-state index is 3.64. The molecule has 0 bridgehead atoms. The van der Waals surface area contributed by atoms with Crippen molar-refractivity contribution < 1.29 is 0 Å². The molecule has 1 nitrogen and oxygen atoms in total. The zero-order chi connectivity index (χ0) is 12.1. The minimum absolute atomic E-state index is 1.14. The second-order valence-corrected chi connectivity index (χ2v) is 5.35. The molecule has 1 N–H and O–H groups in total. The molecule has 4 rings (SSSR count). The summed E-state index contributed by atoms with van der Waals surface area (Å²) in [6, 6.07) is 19.1. The van der Waals surface area contributed by atoms with Gasteiger partial charge in [0.25, 0.3) is 0 Å². The van der Waals surface area contributed by atoms with E-state index < -0.39 is 0 Å². The second-order valence-electron chi connectivity index (χ2n) is 4.50. The zero-order valence-corrected chi connectivity index (χ0v) is 11.2. The number of halogens is 1. The summed E-state index contributed by atoms with van der Waals surface area (Å²) < 4.78 is 1.14. The number of H-pyrrole nitrogens is 1. The fourth-order valence-corrected chi connectivity index (χ4v) is 3.23. The number of aromatic nitrogens is 1. The summed E-state index contributed by atoms with van der Waals surface area (Å²) in [5.74, 6) is 0. The Kier molecular flexibility index (Phi) is 2.03. The van der Waals surface area contributed by atoms with Crippen molar-refractivity contribution in [3.63, 3.8) is 0 Å². The summed E-state index contributed by atoms with van der Waals surface area (Å²) in [7, 11) is 0. The van der Waals surface area contributed by atoms with Crippen LogP contribution in [0.3, 0.4) is 0 Å². The smallest absolute Gasteiger partial charge is 0.0544 e. The Hall–Kier alpha value is -1.80. The van der Waals surface area contributed by atoms with Crippen LogP contribution in [0.2, 0.25) is 0 Å². The van der Waals surface area contributed by atoms with Crippen LogP contribution in [0.25, 0.3) is 32.6 Å². The third kappa shape index (κ3) is 1.27. The van der Waals surface area contributed by atoms with Gasteiger partial charge in [-0.2, -0.15) is 0 Å². The van der Waals surface area contributed by atoms with E-state index in [-0.39, 0.29) is 0 Å². The summed E-state index contributed by atoms with van der Waals surface area (Å²) >= 11 is 3.64. The van der Waals surface area contributed by atoms with Crippen molar-refractivity contribution in [1.82, 2.24) is 4.98 Å². The van der Waals surface area contributed by atoms with E-state index in [4.69, 9.17) is 0 Å². The van der Waals surface area contributed by atoms with E-state index in [0.717, 1.165) is 4.47 Å². The highest BCUT2D eigenvalue weighted by atomic mass is 79.9. The summed E-state index contributed by atoms with van der Waals surface area (Å²) in [5, 5.41) is 5.08. The SMILES string of the molecule is Brc1cccc2[nH]c3c4ccccc4ccc3c12. The maximum absolute atomic E-state index is 3.64. The number of fused-ring (bicyclic) bond motifs is 5. The molecule has 86 valence electrons. The molecule has 3 aromatic carbocycles. The summed E-state index contributed by atoms with van der Waals surface area (Å²) in [5.41, 5.74) is 2.39. The highest BCUT2D eigenvalue weighted by Crippen LogP contribution is 2.34. The van der Waals surface area contributed by atoms with Crippen molar-refractivity contribution in [1.29, 1.82) is 0 Å². The van der Waals surface area contributed by atoms with Gasteiger partial charge in [0.15, 0.2) is 0 Å². The molecule has 0 aliphatic heterocycles. The Balaban J connectivity index is 2.34. The van der Waals surface area contributed by atoms with Crippen LogP contribution in [-0.4, -0.2) is 4.98 Å². The molecule has 1 heterocycles. The lowest BCUT2D eigenvalue weighted by Crippen LogP contribution is -1.74. The molecule has 18 heavy (non-hydrogen) atoms. The average Bonchev–Trinajstić information content (AvgIpc) is 2.79. The van der Waals surface area contributed by atoms with Crippen molar-refractivity contribution in [2.24, 2.45) is 0 Å². The minimum atomic E-state index is 1.14. The van der Waals surface area contributed by atoms with Gasteiger partial charge < -0.3 is 4.98 Å². The molecular formula is C16H10BrN. The highest BCUT2D eigenvalue weighted by molar-refractivity contribution is 9.10. The minimum Gasteiger partial charge on any atom is -0.354 e. The topological polar surface area (TPSA) is 15.8 Å². The van der Waals surface area contributed by atoms with Gasteiger partial charge in [0, 0.05) is 26.1 Å². The lowest BCUT2D eigenvalue weighted by molar-refractivity contribution is 1.56. The third-order valence-electron chi connectivity index (χ3n) is 3.47. The van der Waals surface area contributed by atoms with Crippen LogP contribution in [0.1, 0.15) is 0 Å². The summed E-state index contributed by atoms with van der Waals surface area (Å²) in [4.78, 5) is 3.53. The zero-order valence-electron chi connectivity index (χ0n) is 9.57. The van der Waals surface area contributed by atoms with Crippen LogP contribution in [0.15, 0.2) is 59.1 Å². The van der Waals surface area contributed by atoms with E-state index in [2.05, 4.69) is 75.5 Å². The lowest BCUT2D eigenvalue weighted by atomic mass is 10.1. The van der Waals surface area contributed by atoms with E-state index in [0.29, 0.717) is 0 Å². The Morgan fingerprint density at radius 3 is 2.61 bits per heavy atom. The lowest BCUT2D eigenvalue weighted by Gasteiger charge is -1.99. The maximum Gasteiger partial charge on any atom is 0.0544 e. The molecule has 0 unspecified atom stereocenters. The predicted octanol–water partition coefficient (Wildman–Crippen LogP) is 5.24. The van der Waals surface area contributed by atoms with Crippen LogP contribution in [0, 0.1) is 0 Å². The first-order chi connectivity index (χ1) is 8.84. The van der Waals surface area contributed by atoms with Crippen LogP contribution >= 0.6 is 15.9 Å². The van der Waals surface area contributed by atoms with Gasteiger partial charge in [-0.15, -0.1) is 0 Å². The molecule has 0 aliphatic carbocycles.